The van der Waals surface area contributed by atoms with Crippen LogP contribution in [0.25, 0.3) is 5.57 Å². The summed E-state index contributed by atoms with van der Waals surface area (Å²) < 4.78 is 81.1. The van der Waals surface area contributed by atoms with E-state index in [0.29, 0.717) is 12.3 Å². The van der Waals surface area contributed by atoms with Crippen molar-refractivity contribution < 1.29 is 31.1 Å². The van der Waals surface area contributed by atoms with E-state index in [1.807, 2.05) is 0 Å². The molecule has 2 aromatic heterocycles. The Morgan fingerprint density at radius 3 is 2.53 bits per heavy atom. The van der Waals surface area contributed by atoms with Crippen molar-refractivity contribution in [1.29, 1.82) is 5.41 Å². The van der Waals surface area contributed by atoms with Crippen LogP contribution in [0, 0.1) is 17.1 Å². The molecule has 1 aliphatic heterocycles. The first-order valence-electron chi connectivity index (χ1n) is 10.7. The van der Waals surface area contributed by atoms with Crippen molar-refractivity contribution in [3.63, 3.8) is 0 Å². The molecule has 2 atom stereocenters. The summed E-state index contributed by atoms with van der Waals surface area (Å²) in [6, 6.07) is 1.16. The summed E-state index contributed by atoms with van der Waals surface area (Å²) in [7, 11) is 1.51. The number of hydrogen-bond donors (Lipinski definition) is 3. The molecule has 3 N–H and O–H groups in total. The molecular weight excluding hydrogens is 492 g/mol. The van der Waals surface area contributed by atoms with Crippen LogP contribution in [0.3, 0.4) is 0 Å². The van der Waals surface area contributed by atoms with Gasteiger partial charge in [0, 0.05) is 50.9 Å². The van der Waals surface area contributed by atoms with Crippen LogP contribution < -0.4 is 10.6 Å². The summed E-state index contributed by atoms with van der Waals surface area (Å²) in [5.74, 6) is -6.82. The molecule has 1 amide bonds. The number of carbonyl (C=O) groups excluding carboxylic acids is 1. The molecule has 0 aromatic carbocycles. The molecule has 194 valence electrons. The van der Waals surface area contributed by atoms with Gasteiger partial charge in [0.05, 0.1) is 18.2 Å². The molecule has 3 heterocycles. The van der Waals surface area contributed by atoms with E-state index in [-0.39, 0.29) is 23.8 Å². The second kappa shape index (κ2) is 10.5. The van der Waals surface area contributed by atoms with E-state index < -0.39 is 60.0 Å². The molecular formula is C22H23F6N7O. The number of hydrogen-bond acceptors (Lipinski definition) is 7. The summed E-state index contributed by atoms with van der Waals surface area (Å²) >= 11 is 0. The van der Waals surface area contributed by atoms with E-state index >= 15 is 0 Å². The third-order valence-electron chi connectivity index (χ3n) is 5.57. The van der Waals surface area contributed by atoms with E-state index in [1.165, 1.54) is 38.6 Å². The lowest BCUT2D eigenvalue weighted by molar-refractivity contribution is -0.145. The second-order valence-electron chi connectivity index (χ2n) is 8.26. The van der Waals surface area contributed by atoms with Gasteiger partial charge >= 0.3 is 6.18 Å². The van der Waals surface area contributed by atoms with Gasteiger partial charge in [0.15, 0.2) is 5.82 Å². The molecule has 2 aromatic rings. The molecule has 1 unspecified atom stereocenters. The quantitative estimate of drug-likeness (QED) is 0.385. The van der Waals surface area contributed by atoms with Crippen LogP contribution in [0.1, 0.15) is 24.7 Å². The maximum absolute atomic E-state index is 14.4. The number of nitrogens with one attached hydrogen (secondary N) is 3. The van der Waals surface area contributed by atoms with Crippen LogP contribution in [-0.4, -0.2) is 63.6 Å². The maximum atomic E-state index is 14.4. The molecule has 0 bridgehead atoms. The zero-order valence-electron chi connectivity index (χ0n) is 19.2. The summed E-state index contributed by atoms with van der Waals surface area (Å²) in [4.78, 5) is 25.6. The fourth-order valence-electron chi connectivity index (χ4n) is 3.91. The zero-order chi connectivity index (χ0) is 26.7. The highest BCUT2D eigenvalue weighted by molar-refractivity contribution is 6.54. The van der Waals surface area contributed by atoms with E-state index in [9.17, 15) is 31.1 Å². The minimum absolute atomic E-state index is 0.0252. The molecule has 1 fully saturated rings. The number of anilines is 1. The topological polar surface area (TPSA) is 107 Å². The highest BCUT2D eigenvalue weighted by Crippen LogP contribution is 2.35. The number of nitrogens with zero attached hydrogens (tertiary/aromatic N) is 4. The second-order valence-corrected chi connectivity index (χ2v) is 8.26. The van der Waals surface area contributed by atoms with E-state index in [0.717, 1.165) is 4.90 Å². The summed E-state index contributed by atoms with van der Waals surface area (Å²) in [6.45, 7) is 0.276. The molecule has 1 saturated heterocycles. The van der Waals surface area contributed by atoms with Crippen molar-refractivity contribution in [2.45, 2.75) is 31.5 Å². The Labute approximate surface area is 202 Å². The van der Waals surface area contributed by atoms with Crippen molar-refractivity contribution >= 4 is 23.0 Å². The molecule has 0 aliphatic carbocycles. The average molecular weight is 515 g/mol. The fraction of sp³-hybridized carbons (Fsp3) is 0.409. The van der Waals surface area contributed by atoms with Crippen LogP contribution in [-0.2, 0) is 11.0 Å². The predicted molar refractivity (Wildman–Crippen MR) is 119 cm³/mol. The number of carbonyl (C=O) groups is 1. The molecule has 0 saturated carbocycles. The van der Waals surface area contributed by atoms with Crippen LogP contribution in [0.15, 0.2) is 36.9 Å². The van der Waals surface area contributed by atoms with E-state index in [2.05, 4.69) is 25.6 Å². The maximum Gasteiger partial charge on any atom is 0.420 e. The first-order chi connectivity index (χ1) is 16.8. The third kappa shape index (κ3) is 6.10. The van der Waals surface area contributed by atoms with Crippen molar-refractivity contribution in [2.75, 3.05) is 25.5 Å². The standard InChI is InChI=1S/C22H23F6N7O/c1-12-7-21(24,25)11-35(20(36)18(29)13(8-30-2)19-31-4-3-5-32-19)16(12)10-34-17-6-15(23)14(9-33-17)22(26,27)28/h3-6,8-9,12,16,29-30H,7,10-11H2,1-2H3,(H,33,34)/b13-8+,29-18?/t12-,16?/m1/s1. The largest absolute Gasteiger partial charge is 0.420 e. The van der Waals surface area contributed by atoms with Gasteiger partial charge in [-0.1, -0.05) is 6.92 Å². The molecule has 8 nitrogen and oxygen atoms in total. The number of amides is 1. The number of likely N-dealkylation sites (tertiary alicyclic amines) is 1. The number of rotatable bonds is 7. The number of piperidine rings is 1. The smallest absolute Gasteiger partial charge is 0.393 e. The summed E-state index contributed by atoms with van der Waals surface area (Å²) in [5, 5.41) is 13.7. The Hall–Kier alpha value is -3.71. The summed E-state index contributed by atoms with van der Waals surface area (Å²) in [5.41, 5.74) is -2.21. The van der Waals surface area contributed by atoms with Crippen LogP contribution in [0.5, 0.6) is 0 Å². The normalized spacial score (nSPS) is 20.1. The van der Waals surface area contributed by atoms with Gasteiger partial charge in [-0.3, -0.25) is 10.2 Å². The Balaban J connectivity index is 1.85. The van der Waals surface area contributed by atoms with Crippen LogP contribution >= 0.6 is 0 Å². The van der Waals surface area contributed by atoms with Crippen molar-refractivity contribution in [2.24, 2.45) is 5.92 Å². The fourth-order valence-corrected chi connectivity index (χ4v) is 3.91. The summed E-state index contributed by atoms with van der Waals surface area (Å²) in [6.07, 6.45) is -1.09. The van der Waals surface area contributed by atoms with Crippen LogP contribution in [0.2, 0.25) is 0 Å². The van der Waals surface area contributed by atoms with Gasteiger partial charge in [0.25, 0.3) is 11.8 Å². The lowest BCUT2D eigenvalue weighted by Gasteiger charge is -2.43. The average Bonchev–Trinajstić information content (AvgIpc) is 2.80. The lowest BCUT2D eigenvalue weighted by atomic mass is 9.87. The van der Waals surface area contributed by atoms with Crippen molar-refractivity contribution in [3.05, 3.63) is 54.1 Å². The van der Waals surface area contributed by atoms with Crippen molar-refractivity contribution in [3.8, 4) is 0 Å². The molecule has 14 heteroatoms. The van der Waals surface area contributed by atoms with Gasteiger partial charge in [-0.05, 0) is 12.0 Å². The molecule has 1 aliphatic rings. The minimum Gasteiger partial charge on any atom is -0.393 e. The Morgan fingerprint density at radius 2 is 1.94 bits per heavy atom. The molecule has 0 radical (unpaired) electrons. The van der Waals surface area contributed by atoms with Gasteiger partial charge in [-0.2, -0.15) is 13.2 Å². The number of pyridine rings is 1. The third-order valence-corrected chi connectivity index (χ3v) is 5.57. The van der Waals surface area contributed by atoms with E-state index in [1.54, 1.807) is 0 Å². The Kier molecular flexibility index (Phi) is 7.84. The van der Waals surface area contributed by atoms with Gasteiger partial charge in [-0.25, -0.2) is 28.1 Å². The molecule has 0 spiro atoms. The van der Waals surface area contributed by atoms with Gasteiger partial charge in [-0.15, -0.1) is 0 Å². The number of aromatic nitrogens is 3. The molecule has 3 rings (SSSR count). The zero-order valence-corrected chi connectivity index (χ0v) is 19.2. The number of alkyl halides is 5. The SMILES string of the molecule is CN/C=C(\C(=N)C(=O)N1CC(F)(F)C[C@@H](C)C1CNc1cc(F)c(C(F)(F)F)cn1)c1ncccn1. The highest BCUT2D eigenvalue weighted by Gasteiger charge is 2.47. The predicted octanol–water partition coefficient (Wildman–Crippen LogP) is 3.59. The molecule has 36 heavy (non-hydrogen) atoms. The highest BCUT2D eigenvalue weighted by atomic mass is 19.4. The Morgan fingerprint density at radius 1 is 1.28 bits per heavy atom. The monoisotopic (exact) mass is 515 g/mol. The van der Waals surface area contributed by atoms with E-state index in [4.69, 9.17) is 5.41 Å². The first-order valence-corrected chi connectivity index (χ1v) is 10.7. The number of halogens is 6. The Bertz CT molecular complexity index is 1140. The van der Waals surface area contributed by atoms with Gasteiger partial charge in [0.1, 0.15) is 22.9 Å². The van der Waals surface area contributed by atoms with Gasteiger partial charge in [0.2, 0.25) is 0 Å². The van der Waals surface area contributed by atoms with Crippen LogP contribution in [0.4, 0.5) is 32.2 Å². The van der Waals surface area contributed by atoms with Gasteiger partial charge < -0.3 is 15.5 Å². The first kappa shape index (κ1) is 26.9. The van der Waals surface area contributed by atoms with Crippen molar-refractivity contribution in [1.82, 2.24) is 25.2 Å². The minimum atomic E-state index is -4.93. The lowest BCUT2D eigenvalue weighted by Crippen LogP contribution is -2.58.